The van der Waals surface area contributed by atoms with Crippen LogP contribution in [-0.4, -0.2) is 13.9 Å². The molecule has 1 nitrogen and oxygen atoms in total. The van der Waals surface area contributed by atoms with Crippen LogP contribution >= 0.6 is 0 Å². The molecule has 0 aliphatic carbocycles. The number of hydrogen-bond donors (Lipinski definition) is 0. The highest BCUT2D eigenvalue weighted by atomic mass is 28.4. The molecule has 1 aliphatic heterocycles. The molecular weight excluding hydrogens is 260 g/mol. The molecule has 0 N–H and O–H groups in total. The molecule has 1 aliphatic rings. The van der Waals surface area contributed by atoms with Gasteiger partial charge in [-0.05, 0) is 56.3 Å². The molecule has 0 bridgehead atoms. The van der Waals surface area contributed by atoms with E-state index in [4.69, 9.17) is 4.43 Å². The summed E-state index contributed by atoms with van der Waals surface area (Å²) in [5.74, 6) is 0. The van der Waals surface area contributed by atoms with Crippen LogP contribution in [0.25, 0.3) is 0 Å². The zero-order valence-electron chi connectivity index (χ0n) is 14.2. The first-order chi connectivity index (χ1) is 9.09. The third-order valence-corrected chi connectivity index (χ3v) is 10.3. The van der Waals surface area contributed by atoms with Crippen LogP contribution in [0.1, 0.15) is 57.7 Å². The van der Waals surface area contributed by atoms with E-state index in [0.29, 0.717) is 5.54 Å². The largest absolute Gasteiger partial charge is 0.411 e. The summed E-state index contributed by atoms with van der Waals surface area (Å²) in [6.45, 7) is 16.3. The fourth-order valence-corrected chi connectivity index (χ4v) is 7.60. The van der Waals surface area contributed by atoms with Gasteiger partial charge in [0.05, 0.1) is 5.60 Å². The average Bonchev–Trinajstić information content (AvgIpc) is 2.34. The fraction of sp³-hybridized carbons (Fsp3) is 0.667. The van der Waals surface area contributed by atoms with Crippen molar-refractivity contribution in [2.45, 2.75) is 71.7 Å². The summed E-state index contributed by atoms with van der Waals surface area (Å²) in [6.07, 6.45) is 1.28. The van der Waals surface area contributed by atoms with Crippen molar-refractivity contribution in [2.75, 3.05) is 0 Å². The molecule has 2 rings (SSSR count). The molecule has 0 saturated carbocycles. The quantitative estimate of drug-likeness (QED) is 0.659. The second kappa shape index (κ2) is 4.99. The van der Waals surface area contributed by atoms with E-state index in [0.717, 1.165) is 0 Å². The van der Waals surface area contributed by atoms with Crippen LogP contribution in [0.3, 0.4) is 0 Å². The number of aryl methyl sites for hydroxylation is 1. The summed E-state index contributed by atoms with van der Waals surface area (Å²) in [5.41, 5.74) is 3.69. The van der Waals surface area contributed by atoms with Gasteiger partial charge in [-0.1, -0.05) is 45.0 Å². The number of benzene rings is 1. The molecule has 112 valence electrons. The predicted octanol–water partition coefficient (Wildman–Crippen LogP) is 5.44. The molecule has 0 spiro atoms. The maximum Gasteiger partial charge on any atom is 0.197 e. The fourth-order valence-electron chi connectivity index (χ4n) is 3.34. The van der Waals surface area contributed by atoms with Gasteiger partial charge in [0.25, 0.3) is 0 Å². The molecule has 20 heavy (non-hydrogen) atoms. The van der Waals surface area contributed by atoms with Crippen LogP contribution < -0.4 is 0 Å². The minimum atomic E-state index is -1.74. The van der Waals surface area contributed by atoms with E-state index in [-0.39, 0.29) is 11.0 Å². The molecule has 0 radical (unpaired) electrons. The first kappa shape index (κ1) is 15.8. The van der Waals surface area contributed by atoms with Crippen molar-refractivity contribution < 1.29 is 4.43 Å². The van der Waals surface area contributed by atoms with Crippen molar-refractivity contribution in [1.29, 1.82) is 0 Å². The Morgan fingerprint density at radius 3 is 2.30 bits per heavy atom. The highest BCUT2D eigenvalue weighted by Gasteiger charge is 2.51. The zero-order chi connectivity index (χ0) is 15.2. The second-order valence-electron chi connectivity index (χ2n) is 7.89. The molecule has 1 fully saturated rings. The maximum atomic E-state index is 6.79. The van der Waals surface area contributed by atoms with E-state index < -0.39 is 8.32 Å². The van der Waals surface area contributed by atoms with Gasteiger partial charge in [0.1, 0.15) is 0 Å². The predicted molar refractivity (Wildman–Crippen MR) is 89.6 cm³/mol. The van der Waals surface area contributed by atoms with Gasteiger partial charge in [-0.2, -0.15) is 0 Å². The SMILES string of the molecule is Cc1ccccc1C(C)[Si]1(C)CCC(C)(C)C(C)(C)O1. The van der Waals surface area contributed by atoms with Crippen molar-refractivity contribution in [2.24, 2.45) is 5.41 Å². The van der Waals surface area contributed by atoms with Gasteiger partial charge >= 0.3 is 0 Å². The smallest absolute Gasteiger partial charge is 0.197 e. The Morgan fingerprint density at radius 1 is 1.15 bits per heavy atom. The lowest BCUT2D eigenvalue weighted by Gasteiger charge is -2.54. The van der Waals surface area contributed by atoms with Crippen molar-refractivity contribution in [3.05, 3.63) is 35.4 Å². The summed E-state index contributed by atoms with van der Waals surface area (Å²) in [7, 11) is -1.74. The average molecular weight is 291 g/mol. The molecule has 1 aromatic carbocycles. The highest BCUT2D eigenvalue weighted by Crippen LogP contribution is 2.50. The van der Waals surface area contributed by atoms with Crippen LogP contribution in [0.4, 0.5) is 0 Å². The molecule has 2 atom stereocenters. The van der Waals surface area contributed by atoms with Crippen molar-refractivity contribution >= 4 is 8.32 Å². The molecular formula is C18H30OSi. The lowest BCUT2D eigenvalue weighted by atomic mass is 9.75. The minimum absolute atomic E-state index is 0.0246. The van der Waals surface area contributed by atoms with Gasteiger partial charge in [0, 0.05) is 5.54 Å². The molecule has 0 aromatic heterocycles. The van der Waals surface area contributed by atoms with E-state index in [9.17, 15) is 0 Å². The van der Waals surface area contributed by atoms with E-state index in [2.05, 4.69) is 72.4 Å². The van der Waals surface area contributed by atoms with Crippen molar-refractivity contribution in [1.82, 2.24) is 0 Å². The van der Waals surface area contributed by atoms with Crippen LogP contribution in [-0.2, 0) is 4.43 Å². The van der Waals surface area contributed by atoms with Crippen molar-refractivity contribution in [3.63, 3.8) is 0 Å². The van der Waals surface area contributed by atoms with Gasteiger partial charge in [0.2, 0.25) is 0 Å². The molecule has 2 unspecified atom stereocenters. The third-order valence-electron chi connectivity index (χ3n) is 5.94. The normalized spacial score (nSPS) is 29.9. The van der Waals surface area contributed by atoms with Gasteiger partial charge in [0.15, 0.2) is 8.32 Å². The van der Waals surface area contributed by atoms with Gasteiger partial charge in [-0.3, -0.25) is 0 Å². The standard InChI is InChI=1S/C18H30OSi/c1-14-10-8-9-11-16(14)15(2)20(7)13-12-17(3,4)18(5,6)19-20/h8-11,15H,12-13H2,1-7H3. The summed E-state index contributed by atoms with van der Waals surface area (Å²) in [6, 6.07) is 10.1. The van der Waals surface area contributed by atoms with Gasteiger partial charge in [-0.25, -0.2) is 0 Å². The summed E-state index contributed by atoms with van der Waals surface area (Å²) in [5, 5.41) is 0. The maximum absolute atomic E-state index is 6.79. The minimum Gasteiger partial charge on any atom is -0.411 e. The lowest BCUT2D eigenvalue weighted by molar-refractivity contribution is -0.0423. The summed E-state index contributed by atoms with van der Waals surface area (Å²) in [4.78, 5) is 0. The van der Waals surface area contributed by atoms with E-state index in [1.807, 2.05) is 0 Å². The molecule has 1 heterocycles. The topological polar surface area (TPSA) is 9.23 Å². The van der Waals surface area contributed by atoms with Gasteiger partial charge < -0.3 is 4.43 Å². The monoisotopic (exact) mass is 290 g/mol. The van der Waals surface area contributed by atoms with E-state index in [1.165, 1.54) is 23.6 Å². The molecule has 2 heteroatoms. The van der Waals surface area contributed by atoms with Crippen LogP contribution in [0.15, 0.2) is 24.3 Å². The molecule has 1 aromatic rings. The van der Waals surface area contributed by atoms with Crippen LogP contribution in [0.5, 0.6) is 0 Å². The Morgan fingerprint density at radius 2 is 1.75 bits per heavy atom. The zero-order valence-corrected chi connectivity index (χ0v) is 15.2. The van der Waals surface area contributed by atoms with E-state index >= 15 is 0 Å². The second-order valence-corrected chi connectivity index (χ2v) is 12.1. The lowest BCUT2D eigenvalue weighted by Crippen LogP contribution is -2.58. The summed E-state index contributed by atoms with van der Waals surface area (Å²) >= 11 is 0. The van der Waals surface area contributed by atoms with E-state index in [1.54, 1.807) is 0 Å². The van der Waals surface area contributed by atoms with Crippen LogP contribution in [0.2, 0.25) is 12.6 Å². The third kappa shape index (κ3) is 2.60. The first-order valence-corrected chi connectivity index (χ1v) is 10.5. The number of rotatable bonds is 2. The van der Waals surface area contributed by atoms with Crippen LogP contribution in [0, 0.1) is 12.3 Å². The summed E-state index contributed by atoms with van der Waals surface area (Å²) < 4.78 is 6.79. The number of hydrogen-bond acceptors (Lipinski definition) is 1. The van der Waals surface area contributed by atoms with Crippen molar-refractivity contribution in [3.8, 4) is 0 Å². The Kier molecular flexibility index (Phi) is 3.94. The Hall–Kier alpha value is -0.603. The molecule has 1 saturated heterocycles. The molecule has 0 amide bonds. The Labute approximate surface area is 125 Å². The Balaban J connectivity index is 2.31. The highest BCUT2D eigenvalue weighted by molar-refractivity contribution is 6.74. The Bertz CT molecular complexity index is 492. The first-order valence-electron chi connectivity index (χ1n) is 7.85. The van der Waals surface area contributed by atoms with Gasteiger partial charge in [-0.15, -0.1) is 0 Å².